The summed E-state index contributed by atoms with van der Waals surface area (Å²) in [6, 6.07) is 12.5. The smallest absolute Gasteiger partial charge is 0.265 e. The van der Waals surface area contributed by atoms with Gasteiger partial charge in [-0.3, -0.25) is 14.9 Å². The van der Waals surface area contributed by atoms with E-state index in [0.29, 0.717) is 5.69 Å². The average molecular weight is 305 g/mol. The van der Waals surface area contributed by atoms with Crippen LogP contribution in [0.5, 0.6) is 0 Å². The first kappa shape index (κ1) is 15.0. The second-order valence-electron chi connectivity index (χ2n) is 4.47. The van der Waals surface area contributed by atoms with E-state index in [0.717, 1.165) is 5.56 Å². The molecular formula is C14H15N3O3S. The number of nitrogens with two attached hydrogens (primary N) is 1. The lowest BCUT2D eigenvalue weighted by Gasteiger charge is -2.09. The van der Waals surface area contributed by atoms with Gasteiger partial charge in [0.15, 0.2) is 0 Å². The predicted octanol–water partition coefficient (Wildman–Crippen LogP) is 1.40. The monoisotopic (exact) mass is 305 g/mol. The molecule has 0 saturated carbocycles. The Bertz CT molecular complexity index is 738. The van der Waals surface area contributed by atoms with Gasteiger partial charge in [-0.05, 0) is 43.3 Å². The van der Waals surface area contributed by atoms with E-state index >= 15 is 0 Å². The van der Waals surface area contributed by atoms with E-state index in [9.17, 15) is 13.2 Å². The largest absolute Gasteiger partial charge is 0.290 e. The zero-order valence-corrected chi connectivity index (χ0v) is 12.1. The van der Waals surface area contributed by atoms with Crippen molar-refractivity contribution in [3.63, 3.8) is 0 Å². The number of amides is 1. The molecule has 0 spiro atoms. The van der Waals surface area contributed by atoms with E-state index in [4.69, 9.17) is 5.84 Å². The van der Waals surface area contributed by atoms with Gasteiger partial charge < -0.3 is 0 Å². The molecule has 0 heterocycles. The molecule has 7 heteroatoms. The van der Waals surface area contributed by atoms with Gasteiger partial charge in [0.1, 0.15) is 0 Å². The van der Waals surface area contributed by atoms with E-state index in [2.05, 4.69) is 4.72 Å². The second kappa shape index (κ2) is 5.94. The molecule has 0 aliphatic carbocycles. The topological polar surface area (TPSA) is 101 Å². The third-order valence-corrected chi connectivity index (χ3v) is 4.26. The average Bonchev–Trinajstić information content (AvgIpc) is 2.49. The molecule has 0 aromatic heterocycles. The molecule has 110 valence electrons. The van der Waals surface area contributed by atoms with Crippen LogP contribution in [-0.2, 0) is 10.0 Å². The zero-order valence-electron chi connectivity index (χ0n) is 11.3. The predicted molar refractivity (Wildman–Crippen MR) is 80.1 cm³/mol. The second-order valence-corrected chi connectivity index (χ2v) is 6.15. The van der Waals surface area contributed by atoms with Crippen molar-refractivity contribution < 1.29 is 13.2 Å². The Labute approximate surface area is 123 Å². The Morgan fingerprint density at radius 1 is 1.00 bits per heavy atom. The number of benzene rings is 2. The van der Waals surface area contributed by atoms with Gasteiger partial charge in [0.05, 0.1) is 4.90 Å². The Balaban J connectivity index is 2.23. The summed E-state index contributed by atoms with van der Waals surface area (Å²) in [5, 5.41) is 0. The molecule has 0 bridgehead atoms. The molecule has 2 rings (SSSR count). The molecule has 2 aromatic carbocycles. The van der Waals surface area contributed by atoms with E-state index in [1.165, 1.54) is 24.3 Å². The number of aryl methyl sites for hydroxylation is 1. The number of hydrogen-bond donors (Lipinski definition) is 3. The molecule has 0 radical (unpaired) electrons. The van der Waals surface area contributed by atoms with Crippen LogP contribution >= 0.6 is 0 Å². The molecule has 0 aliphatic heterocycles. The quantitative estimate of drug-likeness (QED) is 0.451. The van der Waals surface area contributed by atoms with Gasteiger partial charge in [0.25, 0.3) is 15.9 Å². The summed E-state index contributed by atoms with van der Waals surface area (Å²) >= 11 is 0. The highest BCUT2D eigenvalue weighted by Gasteiger charge is 2.14. The van der Waals surface area contributed by atoms with Gasteiger partial charge in [-0.1, -0.05) is 17.7 Å². The third-order valence-electron chi connectivity index (χ3n) is 2.86. The lowest BCUT2D eigenvalue weighted by molar-refractivity contribution is 0.0953. The van der Waals surface area contributed by atoms with Crippen LogP contribution in [-0.4, -0.2) is 14.3 Å². The number of hydrazine groups is 1. The lowest BCUT2D eigenvalue weighted by atomic mass is 10.2. The molecule has 4 N–H and O–H groups in total. The summed E-state index contributed by atoms with van der Waals surface area (Å²) in [6.07, 6.45) is 0. The minimum Gasteiger partial charge on any atom is -0.290 e. The fourth-order valence-electron chi connectivity index (χ4n) is 1.70. The zero-order chi connectivity index (χ0) is 15.5. The van der Waals surface area contributed by atoms with Gasteiger partial charge in [0, 0.05) is 11.3 Å². The molecule has 6 nitrogen and oxygen atoms in total. The molecule has 0 aliphatic rings. The van der Waals surface area contributed by atoms with Crippen molar-refractivity contribution in [2.24, 2.45) is 5.84 Å². The number of nitrogen functional groups attached to an aromatic ring is 1. The highest BCUT2D eigenvalue weighted by Crippen LogP contribution is 2.17. The molecule has 0 fully saturated rings. The summed E-state index contributed by atoms with van der Waals surface area (Å²) < 4.78 is 26.9. The lowest BCUT2D eigenvalue weighted by Crippen LogP contribution is -2.29. The van der Waals surface area contributed by atoms with Crippen LogP contribution in [0.2, 0.25) is 0 Å². The normalized spacial score (nSPS) is 11.0. The maximum Gasteiger partial charge on any atom is 0.265 e. The highest BCUT2D eigenvalue weighted by atomic mass is 32.2. The van der Waals surface area contributed by atoms with Gasteiger partial charge in [-0.25, -0.2) is 14.3 Å². The van der Waals surface area contributed by atoms with E-state index in [1.807, 2.05) is 24.5 Å². The van der Waals surface area contributed by atoms with Crippen molar-refractivity contribution in [1.82, 2.24) is 5.43 Å². The number of sulfonamides is 1. The van der Waals surface area contributed by atoms with E-state index in [1.54, 1.807) is 12.1 Å². The maximum absolute atomic E-state index is 12.2. The number of rotatable bonds is 4. The van der Waals surface area contributed by atoms with Crippen LogP contribution in [0, 0.1) is 6.92 Å². The minimum absolute atomic E-state index is 0.0663. The highest BCUT2D eigenvalue weighted by molar-refractivity contribution is 7.92. The summed E-state index contributed by atoms with van der Waals surface area (Å²) in [5.74, 6) is 4.53. The number of carbonyl (C=O) groups excluding carboxylic acids is 1. The summed E-state index contributed by atoms with van der Waals surface area (Å²) in [7, 11) is -3.69. The Kier molecular flexibility index (Phi) is 4.25. The minimum atomic E-state index is -3.69. The van der Waals surface area contributed by atoms with Crippen molar-refractivity contribution in [2.45, 2.75) is 11.8 Å². The first-order valence-electron chi connectivity index (χ1n) is 6.13. The van der Waals surface area contributed by atoms with E-state index in [-0.39, 0.29) is 10.5 Å². The van der Waals surface area contributed by atoms with E-state index < -0.39 is 15.9 Å². The SMILES string of the molecule is Cc1ccc(NS(=O)(=O)c2ccc(C(=O)NN)cc2)cc1. The maximum atomic E-state index is 12.2. The molecule has 0 saturated heterocycles. The van der Waals surface area contributed by atoms with Crippen LogP contribution in [0.1, 0.15) is 15.9 Å². The van der Waals surface area contributed by atoms with Crippen molar-refractivity contribution in [1.29, 1.82) is 0 Å². The third kappa shape index (κ3) is 3.59. The summed E-state index contributed by atoms with van der Waals surface area (Å²) in [5.41, 5.74) is 3.78. The molecular weight excluding hydrogens is 290 g/mol. The Morgan fingerprint density at radius 2 is 1.57 bits per heavy atom. The molecule has 21 heavy (non-hydrogen) atoms. The Hall–Kier alpha value is -2.38. The molecule has 0 atom stereocenters. The Morgan fingerprint density at radius 3 is 2.10 bits per heavy atom. The van der Waals surface area contributed by atoms with Gasteiger partial charge in [0.2, 0.25) is 0 Å². The van der Waals surface area contributed by atoms with Crippen molar-refractivity contribution in [2.75, 3.05) is 4.72 Å². The molecule has 0 unspecified atom stereocenters. The van der Waals surface area contributed by atoms with Gasteiger partial charge in [-0.2, -0.15) is 0 Å². The van der Waals surface area contributed by atoms with Crippen LogP contribution < -0.4 is 16.0 Å². The van der Waals surface area contributed by atoms with Crippen LogP contribution in [0.4, 0.5) is 5.69 Å². The van der Waals surface area contributed by atoms with Crippen LogP contribution in [0.15, 0.2) is 53.4 Å². The fourth-order valence-corrected chi connectivity index (χ4v) is 2.76. The molecule has 2 aromatic rings. The van der Waals surface area contributed by atoms with Crippen LogP contribution in [0.3, 0.4) is 0 Å². The summed E-state index contributed by atoms with van der Waals surface area (Å²) in [6.45, 7) is 1.92. The molecule has 1 amide bonds. The van der Waals surface area contributed by atoms with Gasteiger partial charge in [-0.15, -0.1) is 0 Å². The first-order valence-corrected chi connectivity index (χ1v) is 7.61. The number of hydrogen-bond acceptors (Lipinski definition) is 4. The van der Waals surface area contributed by atoms with Crippen molar-refractivity contribution in [3.8, 4) is 0 Å². The number of carbonyl (C=O) groups is 1. The number of anilines is 1. The van der Waals surface area contributed by atoms with Crippen molar-refractivity contribution >= 4 is 21.6 Å². The fraction of sp³-hybridized carbons (Fsp3) is 0.0714. The first-order chi connectivity index (χ1) is 9.92. The standard InChI is InChI=1S/C14H15N3O3S/c1-10-2-6-12(7-3-10)17-21(19,20)13-8-4-11(5-9-13)14(18)16-15/h2-9,17H,15H2,1H3,(H,16,18). The van der Waals surface area contributed by atoms with Crippen molar-refractivity contribution in [3.05, 3.63) is 59.7 Å². The van der Waals surface area contributed by atoms with Crippen LogP contribution in [0.25, 0.3) is 0 Å². The number of nitrogens with one attached hydrogen (secondary N) is 2. The van der Waals surface area contributed by atoms with Gasteiger partial charge >= 0.3 is 0 Å². The summed E-state index contributed by atoms with van der Waals surface area (Å²) in [4.78, 5) is 11.4.